The van der Waals surface area contributed by atoms with E-state index in [1.54, 1.807) is 6.07 Å². The van der Waals surface area contributed by atoms with Crippen LogP contribution in [0, 0.1) is 11.7 Å². The SMILES string of the molecule is CC(C)CNCc1ccc(N(CCO)C2CCC2)c(F)c1. The van der Waals surface area contributed by atoms with Crippen molar-refractivity contribution in [1.29, 1.82) is 0 Å². The van der Waals surface area contributed by atoms with E-state index >= 15 is 0 Å². The molecule has 1 saturated carbocycles. The number of nitrogens with one attached hydrogen (secondary N) is 1. The Morgan fingerprint density at radius 2 is 2.14 bits per heavy atom. The molecule has 21 heavy (non-hydrogen) atoms. The Morgan fingerprint density at radius 1 is 1.38 bits per heavy atom. The number of benzene rings is 1. The number of rotatable bonds is 8. The van der Waals surface area contributed by atoms with E-state index in [0.717, 1.165) is 24.9 Å². The standard InChI is InChI=1S/C17H27FN2O/c1-13(2)11-19-12-14-6-7-17(16(18)10-14)20(8-9-21)15-4-3-5-15/h6-7,10,13,15,19,21H,3-5,8-9,11-12H2,1-2H3. The van der Waals surface area contributed by atoms with Crippen molar-refractivity contribution in [2.24, 2.45) is 5.92 Å². The summed E-state index contributed by atoms with van der Waals surface area (Å²) in [6.07, 6.45) is 3.39. The van der Waals surface area contributed by atoms with Gasteiger partial charge in [0.15, 0.2) is 0 Å². The van der Waals surface area contributed by atoms with Gasteiger partial charge in [0.2, 0.25) is 0 Å². The number of halogens is 1. The van der Waals surface area contributed by atoms with Crippen molar-refractivity contribution in [2.75, 3.05) is 24.6 Å². The average Bonchev–Trinajstić information content (AvgIpc) is 2.36. The Bertz CT molecular complexity index is 446. The fourth-order valence-corrected chi connectivity index (χ4v) is 2.70. The number of aliphatic hydroxyl groups is 1. The molecule has 0 bridgehead atoms. The van der Waals surface area contributed by atoms with Gasteiger partial charge in [-0.15, -0.1) is 0 Å². The Morgan fingerprint density at radius 3 is 2.67 bits per heavy atom. The van der Waals surface area contributed by atoms with Gasteiger partial charge in [-0.1, -0.05) is 19.9 Å². The summed E-state index contributed by atoms with van der Waals surface area (Å²) < 4.78 is 14.4. The minimum Gasteiger partial charge on any atom is -0.395 e. The lowest BCUT2D eigenvalue weighted by Gasteiger charge is -2.39. The van der Waals surface area contributed by atoms with Crippen LogP contribution in [0.3, 0.4) is 0 Å². The molecule has 1 aromatic carbocycles. The van der Waals surface area contributed by atoms with Crippen LogP contribution in [0.1, 0.15) is 38.7 Å². The van der Waals surface area contributed by atoms with Crippen molar-refractivity contribution in [3.63, 3.8) is 0 Å². The first kappa shape index (κ1) is 16.2. The van der Waals surface area contributed by atoms with Gasteiger partial charge >= 0.3 is 0 Å². The lowest BCUT2D eigenvalue weighted by Crippen LogP contribution is -2.42. The highest BCUT2D eigenvalue weighted by atomic mass is 19.1. The first-order chi connectivity index (χ1) is 10.1. The zero-order valence-electron chi connectivity index (χ0n) is 13.1. The molecule has 1 fully saturated rings. The summed E-state index contributed by atoms with van der Waals surface area (Å²) in [5.41, 5.74) is 1.59. The number of hydrogen-bond acceptors (Lipinski definition) is 3. The maximum atomic E-state index is 14.4. The van der Waals surface area contributed by atoms with Crippen LogP contribution in [0.5, 0.6) is 0 Å². The number of anilines is 1. The molecule has 1 aliphatic carbocycles. The van der Waals surface area contributed by atoms with E-state index in [2.05, 4.69) is 19.2 Å². The summed E-state index contributed by atoms with van der Waals surface area (Å²) in [6.45, 7) is 6.51. The highest BCUT2D eigenvalue weighted by Crippen LogP contribution is 2.31. The molecule has 3 nitrogen and oxygen atoms in total. The minimum absolute atomic E-state index is 0.0631. The fourth-order valence-electron chi connectivity index (χ4n) is 2.70. The van der Waals surface area contributed by atoms with Gasteiger partial charge in [-0.25, -0.2) is 4.39 Å². The second kappa shape index (κ2) is 7.76. The van der Waals surface area contributed by atoms with Gasteiger partial charge < -0.3 is 15.3 Å². The van der Waals surface area contributed by atoms with Crippen molar-refractivity contribution in [2.45, 2.75) is 45.7 Å². The monoisotopic (exact) mass is 294 g/mol. The predicted molar refractivity (Wildman–Crippen MR) is 85.0 cm³/mol. The Balaban J connectivity index is 2.02. The predicted octanol–water partition coefficient (Wildman–Crippen LogP) is 2.92. The van der Waals surface area contributed by atoms with E-state index in [0.29, 0.717) is 30.7 Å². The molecule has 0 radical (unpaired) electrons. The van der Waals surface area contributed by atoms with Crippen LogP contribution >= 0.6 is 0 Å². The zero-order valence-corrected chi connectivity index (χ0v) is 13.1. The topological polar surface area (TPSA) is 35.5 Å². The van der Waals surface area contributed by atoms with E-state index in [-0.39, 0.29) is 12.4 Å². The molecule has 2 N–H and O–H groups in total. The molecule has 0 spiro atoms. The smallest absolute Gasteiger partial charge is 0.146 e. The molecule has 1 aromatic rings. The maximum absolute atomic E-state index is 14.4. The maximum Gasteiger partial charge on any atom is 0.146 e. The van der Waals surface area contributed by atoms with E-state index in [9.17, 15) is 9.50 Å². The Hall–Kier alpha value is -1.13. The number of hydrogen-bond donors (Lipinski definition) is 2. The summed E-state index contributed by atoms with van der Waals surface area (Å²) in [4.78, 5) is 2.02. The molecule has 0 saturated heterocycles. The summed E-state index contributed by atoms with van der Waals surface area (Å²) in [6, 6.07) is 5.84. The summed E-state index contributed by atoms with van der Waals surface area (Å²) in [5, 5.41) is 12.5. The molecule has 0 aromatic heterocycles. The normalized spacial score (nSPS) is 15.3. The van der Waals surface area contributed by atoms with Gasteiger partial charge in [-0.2, -0.15) is 0 Å². The van der Waals surface area contributed by atoms with Crippen molar-refractivity contribution in [3.8, 4) is 0 Å². The molecule has 1 aliphatic rings. The van der Waals surface area contributed by atoms with Crippen molar-refractivity contribution < 1.29 is 9.50 Å². The van der Waals surface area contributed by atoms with E-state index in [1.807, 2.05) is 17.0 Å². The van der Waals surface area contributed by atoms with Gasteiger partial charge in [0.05, 0.1) is 12.3 Å². The third kappa shape index (κ3) is 4.42. The van der Waals surface area contributed by atoms with Crippen LogP contribution in [0.15, 0.2) is 18.2 Å². The lowest BCUT2D eigenvalue weighted by atomic mass is 9.91. The highest BCUT2D eigenvalue weighted by Gasteiger charge is 2.26. The molecule has 118 valence electrons. The van der Waals surface area contributed by atoms with Crippen LogP contribution in [-0.2, 0) is 6.54 Å². The van der Waals surface area contributed by atoms with Crippen molar-refractivity contribution >= 4 is 5.69 Å². The second-order valence-electron chi connectivity index (χ2n) is 6.31. The molecule has 0 heterocycles. The van der Waals surface area contributed by atoms with Gasteiger partial charge in [-0.3, -0.25) is 0 Å². The third-order valence-corrected chi connectivity index (χ3v) is 4.06. The number of nitrogens with zero attached hydrogens (tertiary/aromatic N) is 1. The molecule has 2 rings (SSSR count). The summed E-state index contributed by atoms with van der Waals surface area (Å²) >= 11 is 0. The molecule has 0 unspecified atom stereocenters. The van der Waals surface area contributed by atoms with E-state index in [4.69, 9.17) is 0 Å². The molecule has 0 aliphatic heterocycles. The second-order valence-corrected chi connectivity index (χ2v) is 6.31. The van der Waals surface area contributed by atoms with Crippen LogP contribution in [0.2, 0.25) is 0 Å². The van der Waals surface area contributed by atoms with Crippen LogP contribution in [-0.4, -0.2) is 30.8 Å². The summed E-state index contributed by atoms with van der Waals surface area (Å²) in [5.74, 6) is 0.409. The lowest BCUT2D eigenvalue weighted by molar-refractivity contribution is 0.282. The van der Waals surface area contributed by atoms with Gasteiger partial charge in [0.25, 0.3) is 0 Å². The van der Waals surface area contributed by atoms with Crippen LogP contribution in [0.4, 0.5) is 10.1 Å². The largest absolute Gasteiger partial charge is 0.395 e. The molecular weight excluding hydrogens is 267 g/mol. The van der Waals surface area contributed by atoms with Gasteiger partial charge in [0.1, 0.15) is 5.82 Å². The van der Waals surface area contributed by atoms with E-state index in [1.165, 1.54) is 6.42 Å². The summed E-state index contributed by atoms with van der Waals surface area (Å²) in [7, 11) is 0. The van der Waals surface area contributed by atoms with Crippen molar-refractivity contribution in [1.82, 2.24) is 5.32 Å². The Labute approximate surface area is 127 Å². The molecule has 0 amide bonds. The first-order valence-electron chi connectivity index (χ1n) is 7.98. The Kier molecular flexibility index (Phi) is 6.00. The van der Waals surface area contributed by atoms with Crippen LogP contribution < -0.4 is 10.2 Å². The van der Waals surface area contributed by atoms with E-state index < -0.39 is 0 Å². The number of aliphatic hydroxyl groups excluding tert-OH is 1. The molecule has 0 atom stereocenters. The molecular formula is C17H27FN2O. The quantitative estimate of drug-likeness (QED) is 0.774. The molecule has 4 heteroatoms. The van der Waals surface area contributed by atoms with Crippen LogP contribution in [0.25, 0.3) is 0 Å². The average molecular weight is 294 g/mol. The van der Waals surface area contributed by atoms with Crippen molar-refractivity contribution in [3.05, 3.63) is 29.6 Å². The zero-order chi connectivity index (χ0) is 15.2. The fraction of sp³-hybridized carbons (Fsp3) is 0.647. The highest BCUT2D eigenvalue weighted by molar-refractivity contribution is 5.50. The first-order valence-corrected chi connectivity index (χ1v) is 7.98. The van der Waals surface area contributed by atoms with Gasteiger partial charge in [-0.05, 0) is 49.4 Å². The minimum atomic E-state index is -0.181. The van der Waals surface area contributed by atoms with Gasteiger partial charge in [0, 0.05) is 19.1 Å². The third-order valence-electron chi connectivity index (χ3n) is 4.06.